The number of nitrogens with one attached hydrogen (secondary N) is 1. The molecule has 0 saturated carbocycles. The van der Waals surface area contributed by atoms with E-state index in [9.17, 15) is 18.0 Å². The lowest BCUT2D eigenvalue weighted by molar-refractivity contribution is -0.137. The number of hydrogen-bond acceptors (Lipinski definition) is 5. The van der Waals surface area contributed by atoms with Gasteiger partial charge < -0.3 is 9.73 Å². The summed E-state index contributed by atoms with van der Waals surface area (Å²) in [6.45, 7) is 0. The van der Waals surface area contributed by atoms with Gasteiger partial charge in [0, 0.05) is 18.5 Å². The maximum atomic E-state index is 12.7. The lowest BCUT2D eigenvalue weighted by Crippen LogP contribution is -2.13. The molecule has 0 atom stereocenters. The van der Waals surface area contributed by atoms with E-state index in [2.05, 4.69) is 15.5 Å². The molecule has 130 valence electrons. The number of halogens is 3. The van der Waals surface area contributed by atoms with E-state index >= 15 is 0 Å². The third-order valence-electron chi connectivity index (χ3n) is 3.24. The van der Waals surface area contributed by atoms with Crippen molar-refractivity contribution in [3.05, 3.63) is 53.2 Å². The van der Waals surface area contributed by atoms with Gasteiger partial charge in [0.1, 0.15) is 0 Å². The van der Waals surface area contributed by atoms with Crippen LogP contribution in [0.5, 0.6) is 0 Å². The summed E-state index contributed by atoms with van der Waals surface area (Å²) in [6.07, 6.45) is -4.24. The first-order chi connectivity index (χ1) is 11.9. The zero-order chi connectivity index (χ0) is 17.9. The van der Waals surface area contributed by atoms with Crippen molar-refractivity contribution in [2.45, 2.75) is 19.0 Å². The highest BCUT2D eigenvalue weighted by Crippen LogP contribution is 2.30. The Bertz CT molecular complexity index is 860. The Morgan fingerprint density at radius 1 is 1.20 bits per heavy atom. The van der Waals surface area contributed by atoms with Crippen LogP contribution in [0.1, 0.15) is 17.9 Å². The molecule has 1 N–H and O–H groups in total. The first kappa shape index (κ1) is 17.2. The zero-order valence-corrected chi connectivity index (χ0v) is 13.5. The van der Waals surface area contributed by atoms with Crippen LogP contribution in [0.15, 0.2) is 46.2 Å². The number of carbonyl (C=O) groups is 1. The number of thiophene rings is 1. The number of aromatic nitrogens is 2. The minimum absolute atomic E-state index is 0.0162. The largest absolute Gasteiger partial charge is 0.420 e. The van der Waals surface area contributed by atoms with Crippen molar-refractivity contribution in [1.82, 2.24) is 10.2 Å². The molecule has 5 nitrogen and oxygen atoms in total. The number of rotatable bonds is 5. The van der Waals surface area contributed by atoms with Crippen LogP contribution in [0.2, 0.25) is 0 Å². The van der Waals surface area contributed by atoms with Crippen molar-refractivity contribution >= 4 is 22.9 Å². The average molecular weight is 367 g/mol. The number of benzene rings is 1. The summed E-state index contributed by atoms with van der Waals surface area (Å²) in [4.78, 5) is 12.7. The van der Waals surface area contributed by atoms with Gasteiger partial charge >= 0.3 is 6.18 Å². The number of aryl methyl sites for hydroxylation is 1. The number of carbonyl (C=O) groups excluding carboxylic acids is 1. The summed E-state index contributed by atoms with van der Waals surface area (Å²) in [7, 11) is 0. The summed E-state index contributed by atoms with van der Waals surface area (Å²) < 4.78 is 43.4. The van der Waals surface area contributed by atoms with E-state index < -0.39 is 17.6 Å². The van der Waals surface area contributed by atoms with Crippen LogP contribution in [0.4, 0.5) is 18.9 Å². The average Bonchev–Trinajstić information content (AvgIpc) is 3.24. The summed E-state index contributed by atoms with van der Waals surface area (Å²) >= 11 is 1.45. The lowest BCUT2D eigenvalue weighted by Gasteiger charge is -2.09. The molecule has 0 fully saturated rings. The SMILES string of the molecule is O=C(CCc1nnc(-c2cccs2)o1)Nc1cccc(C(F)(F)F)c1. The monoisotopic (exact) mass is 367 g/mol. The van der Waals surface area contributed by atoms with Crippen LogP contribution in [0.3, 0.4) is 0 Å². The Morgan fingerprint density at radius 3 is 2.76 bits per heavy atom. The number of nitrogens with zero attached hydrogens (tertiary/aromatic N) is 2. The molecule has 2 heterocycles. The van der Waals surface area contributed by atoms with Crippen LogP contribution < -0.4 is 5.32 Å². The van der Waals surface area contributed by atoms with Crippen LogP contribution in [-0.2, 0) is 17.4 Å². The van der Waals surface area contributed by atoms with Gasteiger partial charge in [-0.15, -0.1) is 21.5 Å². The summed E-state index contributed by atoms with van der Waals surface area (Å²) in [5.74, 6) is 0.237. The Hall–Kier alpha value is -2.68. The van der Waals surface area contributed by atoms with E-state index in [1.807, 2.05) is 17.5 Å². The minimum atomic E-state index is -4.46. The van der Waals surface area contributed by atoms with Crippen molar-refractivity contribution < 1.29 is 22.4 Å². The van der Waals surface area contributed by atoms with Crippen molar-refractivity contribution in [3.8, 4) is 10.8 Å². The second-order valence-corrected chi connectivity index (χ2v) is 6.05. The van der Waals surface area contributed by atoms with E-state index in [0.29, 0.717) is 11.8 Å². The quantitative estimate of drug-likeness (QED) is 0.726. The molecule has 0 saturated heterocycles. The van der Waals surface area contributed by atoms with Crippen LogP contribution >= 0.6 is 11.3 Å². The smallest absolute Gasteiger partial charge is 0.416 e. The second-order valence-electron chi connectivity index (χ2n) is 5.10. The third-order valence-corrected chi connectivity index (χ3v) is 4.10. The van der Waals surface area contributed by atoms with Gasteiger partial charge in [0.2, 0.25) is 11.8 Å². The van der Waals surface area contributed by atoms with Gasteiger partial charge in [0.25, 0.3) is 5.89 Å². The van der Waals surface area contributed by atoms with Gasteiger partial charge in [-0.05, 0) is 29.6 Å². The van der Waals surface area contributed by atoms with Gasteiger partial charge in [0.05, 0.1) is 10.4 Å². The molecule has 0 aliphatic carbocycles. The fourth-order valence-electron chi connectivity index (χ4n) is 2.07. The molecule has 0 aliphatic rings. The molecule has 0 unspecified atom stereocenters. The topological polar surface area (TPSA) is 68.0 Å². The first-order valence-corrected chi connectivity index (χ1v) is 8.13. The molecule has 0 radical (unpaired) electrons. The van der Waals surface area contributed by atoms with Crippen molar-refractivity contribution in [1.29, 1.82) is 0 Å². The predicted molar refractivity (Wildman–Crippen MR) is 86.0 cm³/mol. The summed E-state index contributed by atoms with van der Waals surface area (Å²) in [5.41, 5.74) is -0.729. The fourth-order valence-corrected chi connectivity index (χ4v) is 2.72. The van der Waals surface area contributed by atoms with Crippen LogP contribution in [-0.4, -0.2) is 16.1 Å². The van der Waals surface area contributed by atoms with E-state index in [-0.39, 0.29) is 18.5 Å². The highest BCUT2D eigenvalue weighted by molar-refractivity contribution is 7.13. The normalized spacial score (nSPS) is 11.5. The molecule has 0 aliphatic heterocycles. The van der Waals surface area contributed by atoms with Gasteiger partial charge in [-0.25, -0.2) is 0 Å². The molecular formula is C16H12F3N3O2S. The van der Waals surface area contributed by atoms with E-state index in [4.69, 9.17) is 4.42 Å². The summed E-state index contributed by atoms with van der Waals surface area (Å²) in [6, 6.07) is 8.16. The maximum absolute atomic E-state index is 12.7. The number of amides is 1. The van der Waals surface area contributed by atoms with Crippen molar-refractivity contribution in [2.24, 2.45) is 0 Å². The Labute approximate surface area is 144 Å². The molecule has 0 bridgehead atoms. The van der Waals surface area contributed by atoms with E-state index in [1.165, 1.54) is 23.5 Å². The Morgan fingerprint density at radius 2 is 2.04 bits per heavy atom. The molecule has 0 spiro atoms. The maximum Gasteiger partial charge on any atom is 0.416 e. The summed E-state index contributed by atoms with van der Waals surface area (Å²) in [5, 5.41) is 12.1. The predicted octanol–water partition coefficient (Wildman–Crippen LogP) is 4.39. The fraction of sp³-hybridized carbons (Fsp3) is 0.188. The Kier molecular flexibility index (Phi) is 4.84. The molecule has 1 amide bonds. The van der Waals surface area contributed by atoms with Gasteiger partial charge in [0.15, 0.2) is 0 Å². The molecule has 3 rings (SSSR count). The number of hydrogen-bond donors (Lipinski definition) is 1. The van der Waals surface area contributed by atoms with E-state index in [1.54, 1.807) is 0 Å². The third kappa shape index (κ3) is 4.44. The molecule has 25 heavy (non-hydrogen) atoms. The molecule has 1 aromatic carbocycles. The standard InChI is InChI=1S/C16H12F3N3O2S/c17-16(18,19)10-3-1-4-11(9-10)20-13(23)6-7-14-21-22-15(24-14)12-5-2-8-25-12/h1-5,8-9H,6-7H2,(H,20,23). The Balaban J connectivity index is 1.57. The number of anilines is 1. The number of alkyl halides is 3. The molecule has 2 aromatic heterocycles. The minimum Gasteiger partial charge on any atom is -0.420 e. The molecule has 9 heteroatoms. The molecule has 3 aromatic rings. The van der Waals surface area contributed by atoms with Crippen LogP contribution in [0.25, 0.3) is 10.8 Å². The highest BCUT2D eigenvalue weighted by atomic mass is 32.1. The van der Waals surface area contributed by atoms with E-state index in [0.717, 1.165) is 17.0 Å². The van der Waals surface area contributed by atoms with Crippen molar-refractivity contribution in [3.63, 3.8) is 0 Å². The van der Waals surface area contributed by atoms with Gasteiger partial charge in [-0.3, -0.25) is 4.79 Å². The van der Waals surface area contributed by atoms with Gasteiger partial charge in [-0.2, -0.15) is 13.2 Å². The first-order valence-electron chi connectivity index (χ1n) is 7.25. The lowest BCUT2D eigenvalue weighted by atomic mass is 10.2. The molecular weight excluding hydrogens is 355 g/mol. The zero-order valence-electron chi connectivity index (χ0n) is 12.7. The van der Waals surface area contributed by atoms with Crippen LogP contribution in [0, 0.1) is 0 Å². The highest BCUT2D eigenvalue weighted by Gasteiger charge is 2.30. The second kappa shape index (κ2) is 7.06. The van der Waals surface area contributed by atoms with Crippen molar-refractivity contribution in [2.75, 3.05) is 5.32 Å². The van der Waals surface area contributed by atoms with Gasteiger partial charge in [-0.1, -0.05) is 12.1 Å².